The topological polar surface area (TPSA) is 114 Å². The first-order valence-corrected chi connectivity index (χ1v) is 14.9. The number of carbonyl (C=O) groups is 2. The van der Waals surface area contributed by atoms with E-state index in [1.54, 1.807) is 25.3 Å². The third-order valence-corrected chi connectivity index (χ3v) is 7.91. The van der Waals surface area contributed by atoms with Crippen LogP contribution in [0.5, 0.6) is 17.2 Å². The minimum Gasteiger partial charge on any atom is -0.493 e. The van der Waals surface area contributed by atoms with Crippen LogP contribution >= 0.6 is 0 Å². The molecule has 0 aliphatic carbocycles. The van der Waals surface area contributed by atoms with Crippen LogP contribution in [-0.4, -0.2) is 92.8 Å². The molecule has 0 saturated carbocycles. The number of rotatable bonds is 7. The van der Waals surface area contributed by atoms with E-state index < -0.39 is 0 Å². The van der Waals surface area contributed by atoms with Crippen LogP contribution in [0.1, 0.15) is 23.1 Å². The summed E-state index contributed by atoms with van der Waals surface area (Å²) in [6, 6.07) is 17.1. The van der Waals surface area contributed by atoms with Gasteiger partial charge in [-0.25, -0.2) is 4.98 Å². The maximum atomic E-state index is 13.4. The molecule has 1 saturated heterocycles. The van der Waals surface area contributed by atoms with Crippen molar-refractivity contribution in [3.05, 3.63) is 77.5 Å². The Bertz CT molecular complexity index is 1440. The standard InChI is InChI=1S/C33H41N5O6/c1-34-33-25(7-5-13-35-33)18-37-19-27-30(20-37)43-22-24-6-4-8-26(16-24)44-29-17-23(9-11-28(29)42-3)10-12-32(40)38(14-15-41-2)21-31(39)36-27/h4-9,11,13,16-17,27,30H,10,12,14-15,18-22H2,1-3H3,(H,34,35)(H,36,39)/t27-,30-/m0/s1. The smallest absolute Gasteiger partial charge is 0.239 e. The van der Waals surface area contributed by atoms with Gasteiger partial charge in [0.25, 0.3) is 0 Å². The van der Waals surface area contributed by atoms with Gasteiger partial charge in [-0.1, -0.05) is 24.3 Å². The summed E-state index contributed by atoms with van der Waals surface area (Å²) in [6.07, 6.45) is 2.22. The average molecular weight is 604 g/mol. The lowest BCUT2D eigenvalue weighted by molar-refractivity contribution is -0.137. The van der Waals surface area contributed by atoms with E-state index in [0.717, 1.165) is 22.5 Å². The van der Waals surface area contributed by atoms with Gasteiger partial charge in [0.05, 0.1) is 39.0 Å². The van der Waals surface area contributed by atoms with E-state index in [2.05, 4.69) is 20.5 Å². The molecule has 11 nitrogen and oxygen atoms in total. The number of hydrogen-bond donors (Lipinski definition) is 2. The van der Waals surface area contributed by atoms with Gasteiger partial charge in [-0.05, 0) is 47.9 Å². The lowest BCUT2D eigenvalue weighted by Crippen LogP contribution is -2.49. The number of methoxy groups -OCH3 is 2. The van der Waals surface area contributed by atoms with E-state index in [1.165, 1.54) is 0 Å². The highest BCUT2D eigenvalue weighted by atomic mass is 16.5. The van der Waals surface area contributed by atoms with E-state index in [4.69, 9.17) is 18.9 Å². The first-order valence-electron chi connectivity index (χ1n) is 14.9. The van der Waals surface area contributed by atoms with E-state index in [-0.39, 0.29) is 36.9 Å². The van der Waals surface area contributed by atoms with Crippen LogP contribution in [0.15, 0.2) is 60.8 Å². The molecule has 2 aromatic carbocycles. The zero-order chi connectivity index (χ0) is 30.9. The lowest BCUT2D eigenvalue weighted by atomic mass is 10.1. The Morgan fingerprint density at radius 2 is 1.93 bits per heavy atom. The molecule has 234 valence electrons. The summed E-state index contributed by atoms with van der Waals surface area (Å²) >= 11 is 0. The molecule has 2 aliphatic heterocycles. The molecule has 11 heteroatoms. The van der Waals surface area contributed by atoms with Crippen molar-refractivity contribution < 1.29 is 28.5 Å². The summed E-state index contributed by atoms with van der Waals surface area (Å²) in [5, 5.41) is 6.32. The van der Waals surface area contributed by atoms with Gasteiger partial charge in [-0.3, -0.25) is 14.5 Å². The molecule has 5 rings (SSSR count). The molecule has 3 heterocycles. The Labute approximate surface area is 258 Å². The Hall–Kier alpha value is -4.19. The summed E-state index contributed by atoms with van der Waals surface area (Å²) < 4.78 is 23.5. The van der Waals surface area contributed by atoms with Crippen LogP contribution in [0.4, 0.5) is 5.82 Å². The molecule has 44 heavy (non-hydrogen) atoms. The molecule has 2 aliphatic rings. The number of pyridine rings is 1. The maximum absolute atomic E-state index is 13.4. The first kappa shape index (κ1) is 31.2. The molecule has 1 fully saturated rings. The van der Waals surface area contributed by atoms with E-state index in [1.807, 2.05) is 61.6 Å². The average Bonchev–Trinajstić information content (AvgIpc) is 3.41. The summed E-state index contributed by atoms with van der Waals surface area (Å²) in [4.78, 5) is 35.0. The third-order valence-electron chi connectivity index (χ3n) is 7.91. The van der Waals surface area contributed by atoms with Gasteiger partial charge in [-0.2, -0.15) is 0 Å². The van der Waals surface area contributed by atoms with Crippen molar-refractivity contribution in [1.82, 2.24) is 20.1 Å². The van der Waals surface area contributed by atoms with Crippen LogP contribution in [0.25, 0.3) is 0 Å². The highest BCUT2D eigenvalue weighted by Gasteiger charge is 2.35. The normalized spacial score (nSPS) is 19.8. The van der Waals surface area contributed by atoms with Crippen molar-refractivity contribution in [1.29, 1.82) is 0 Å². The monoisotopic (exact) mass is 603 g/mol. The van der Waals surface area contributed by atoms with E-state index in [9.17, 15) is 9.59 Å². The van der Waals surface area contributed by atoms with Crippen LogP contribution in [0.3, 0.4) is 0 Å². The summed E-state index contributed by atoms with van der Waals surface area (Å²) in [7, 11) is 5.03. The van der Waals surface area contributed by atoms with Crippen molar-refractivity contribution in [2.75, 3.05) is 59.4 Å². The molecule has 0 unspecified atom stereocenters. The van der Waals surface area contributed by atoms with Gasteiger partial charge in [0.1, 0.15) is 11.6 Å². The van der Waals surface area contributed by atoms with Crippen LogP contribution in [0.2, 0.25) is 0 Å². The van der Waals surface area contributed by atoms with Gasteiger partial charge in [-0.15, -0.1) is 0 Å². The van der Waals surface area contributed by atoms with Crippen molar-refractivity contribution in [3.63, 3.8) is 0 Å². The molecule has 0 spiro atoms. The van der Waals surface area contributed by atoms with E-state index in [0.29, 0.717) is 63.1 Å². The minimum atomic E-state index is -0.267. The summed E-state index contributed by atoms with van der Waals surface area (Å²) in [5.41, 5.74) is 2.93. The largest absolute Gasteiger partial charge is 0.493 e. The summed E-state index contributed by atoms with van der Waals surface area (Å²) in [5.74, 6) is 2.28. The quantitative estimate of drug-likeness (QED) is 0.420. The molecule has 1 aromatic heterocycles. The molecule has 3 aromatic rings. The highest BCUT2D eigenvalue weighted by molar-refractivity contribution is 5.85. The molecule has 2 atom stereocenters. The second kappa shape index (κ2) is 15.0. The van der Waals surface area contributed by atoms with Crippen molar-refractivity contribution in [3.8, 4) is 17.2 Å². The Morgan fingerprint density at radius 1 is 1.05 bits per heavy atom. The van der Waals surface area contributed by atoms with Gasteiger partial charge >= 0.3 is 0 Å². The molecule has 2 N–H and O–H groups in total. The van der Waals surface area contributed by atoms with Crippen molar-refractivity contribution >= 4 is 17.6 Å². The second-order valence-electron chi connectivity index (χ2n) is 11.0. The van der Waals surface area contributed by atoms with Crippen molar-refractivity contribution in [2.24, 2.45) is 0 Å². The summed E-state index contributed by atoms with van der Waals surface area (Å²) in [6.45, 7) is 2.80. The van der Waals surface area contributed by atoms with Crippen LogP contribution < -0.4 is 20.1 Å². The molecule has 4 bridgehead atoms. The lowest BCUT2D eigenvalue weighted by Gasteiger charge is -2.25. The number of aryl methyl sites for hydroxylation is 1. The fourth-order valence-corrected chi connectivity index (χ4v) is 5.63. The van der Waals surface area contributed by atoms with E-state index >= 15 is 0 Å². The minimum absolute atomic E-state index is 0.0586. The number of nitrogens with one attached hydrogen (secondary N) is 2. The van der Waals surface area contributed by atoms with Gasteiger partial charge in [0.2, 0.25) is 11.8 Å². The SMILES string of the molecule is CNc1ncccc1CN1C[C@@H]2NC(=O)CN(CCOC)C(=O)CCc3ccc(OC)c(c3)Oc3cccc(c3)CO[C@H]2C1. The maximum Gasteiger partial charge on any atom is 0.239 e. The van der Waals surface area contributed by atoms with Crippen LogP contribution in [0, 0.1) is 0 Å². The number of likely N-dealkylation sites (tertiary alicyclic amines) is 1. The van der Waals surface area contributed by atoms with Crippen molar-refractivity contribution in [2.45, 2.75) is 38.1 Å². The first-order chi connectivity index (χ1) is 21.4. The number of anilines is 1. The zero-order valence-corrected chi connectivity index (χ0v) is 25.6. The fraction of sp³-hybridized carbons (Fsp3) is 0.424. The van der Waals surface area contributed by atoms with Gasteiger partial charge in [0, 0.05) is 58.5 Å². The molecular weight excluding hydrogens is 562 g/mol. The Kier molecular flexibility index (Phi) is 10.7. The Balaban J connectivity index is 1.41. The third kappa shape index (κ3) is 8.04. The Morgan fingerprint density at radius 3 is 2.75 bits per heavy atom. The number of nitrogens with zero attached hydrogens (tertiary/aromatic N) is 3. The molecular formula is C33H41N5O6. The number of benzene rings is 2. The molecule has 0 radical (unpaired) electrons. The van der Waals surface area contributed by atoms with Crippen LogP contribution in [-0.2, 0) is 38.6 Å². The van der Waals surface area contributed by atoms with Gasteiger partial charge in [0.15, 0.2) is 11.5 Å². The predicted octanol–water partition coefficient (Wildman–Crippen LogP) is 3.23. The predicted molar refractivity (Wildman–Crippen MR) is 166 cm³/mol. The number of amides is 2. The highest BCUT2D eigenvalue weighted by Crippen LogP contribution is 2.33. The number of ether oxygens (including phenoxy) is 4. The number of hydrogen-bond acceptors (Lipinski definition) is 9. The van der Waals surface area contributed by atoms with Gasteiger partial charge < -0.3 is 34.5 Å². The number of carbonyl (C=O) groups excluding carboxylic acids is 2. The molecule has 2 amide bonds. The second-order valence-corrected chi connectivity index (χ2v) is 11.0. The zero-order valence-electron chi connectivity index (χ0n) is 25.6. The number of aromatic nitrogens is 1. The number of fused-ring (bicyclic) bond motifs is 5. The fourth-order valence-electron chi connectivity index (χ4n) is 5.63.